The molecule has 2 aliphatic rings. The van der Waals surface area contributed by atoms with Crippen LogP contribution in [0.15, 0.2) is 145 Å². The van der Waals surface area contributed by atoms with Crippen LogP contribution in [-0.2, 0) is 95.3 Å². The van der Waals surface area contributed by atoms with Gasteiger partial charge in [0, 0.05) is 39.5 Å². The SMILES string of the molecule is CC(=O)O[C@@H]1[C@@H](OC(C)=O)[C@H](Sc2ccccc2)O[C@H](CO[C@@H]2O[C@H](COC(c3ccccc3)(c3ccccc3)c3ccccc3)[C@@H](OC(C)=O)[C@H](OC(C)=O)[C@H]2OC(C)=O)[C@H]1OC(=O)Cn1cc[n+](C)c1. The summed E-state index contributed by atoms with van der Waals surface area (Å²) in [5.41, 5.74) is -0.198. The maximum atomic E-state index is 13.8. The molecule has 0 spiro atoms. The lowest BCUT2D eigenvalue weighted by Crippen LogP contribution is -2.64. The molecule has 0 amide bonds. The Morgan fingerprint density at radius 1 is 0.542 bits per heavy atom. The normalized spacial score (nSPS) is 24.0. The lowest BCUT2D eigenvalue weighted by molar-refractivity contribution is -0.671. The number of aryl methyl sites for hydroxylation is 1. The van der Waals surface area contributed by atoms with Gasteiger partial charge in [-0.05, 0) is 28.8 Å². The van der Waals surface area contributed by atoms with Crippen molar-refractivity contribution < 1.29 is 80.7 Å². The van der Waals surface area contributed by atoms with Crippen LogP contribution in [0.3, 0.4) is 0 Å². The van der Waals surface area contributed by atoms with Gasteiger partial charge in [0.2, 0.25) is 6.33 Å². The molecule has 7 rings (SSSR count). The third-order valence-corrected chi connectivity index (χ3v) is 12.7. The highest BCUT2D eigenvalue weighted by molar-refractivity contribution is 7.99. The van der Waals surface area contributed by atoms with Crippen molar-refractivity contribution in [3.8, 4) is 0 Å². The largest absolute Gasteiger partial charge is 0.456 e. The van der Waals surface area contributed by atoms with E-state index in [9.17, 15) is 28.8 Å². The summed E-state index contributed by atoms with van der Waals surface area (Å²) < 4.78 is 65.6. The molecule has 18 nitrogen and oxygen atoms in total. The second-order valence-corrected chi connectivity index (χ2v) is 18.2. The van der Waals surface area contributed by atoms with Gasteiger partial charge in [0.25, 0.3) is 0 Å². The van der Waals surface area contributed by atoms with Crippen LogP contribution in [0.5, 0.6) is 0 Å². The molecule has 10 atom stereocenters. The average Bonchev–Trinajstić information content (AvgIpc) is 3.76. The standard InChI is InChI=1S/C53H57N2O16S/c1-33(56)64-45-43(31-63-53(38-19-11-7-12-20-38,39-21-13-8-14-22-39)40-23-15-9-16-24-40)69-51(49(67-36(4)59)47(45)65-34(2)57)62-30-42-46(71-44(61)29-55-28-27-54(6)32-55)48(66-35(3)58)50(68-37(5)60)52(70-42)72-41-25-17-10-18-26-41/h7-28,32,42-43,45-52H,29-31H2,1-6H3/q+1/t42-,43-,45-,46-,47+,48+,49-,50-,51-,52+/m1/s1. The second-order valence-electron chi connectivity index (χ2n) is 17.0. The van der Waals surface area contributed by atoms with Crippen molar-refractivity contribution in [1.29, 1.82) is 0 Å². The number of nitrogens with zero attached hydrogens (tertiary/aromatic N) is 2. The van der Waals surface area contributed by atoms with E-state index in [0.29, 0.717) is 4.90 Å². The highest BCUT2D eigenvalue weighted by Crippen LogP contribution is 2.43. The number of rotatable bonds is 19. The van der Waals surface area contributed by atoms with E-state index in [2.05, 4.69) is 0 Å². The Hall–Kier alpha value is -6.90. The summed E-state index contributed by atoms with van der Waals surface area (Å²) in [4.78, 5) is 79.1. The fourth-order valence-corrected chi connectivity index (χ4v) is 9.87. The van der Waals surface area contributed by atoms with Crippen molar-refractivity contribution in [2.24, 2.45) is 7.05 Å². The van der Waals surface area contributed by atoms with Gasteiger partial charge >= 0.3 is 35.8 Å². The highest BCUT2D eigenvalue weighted by atomic mass is 32.2. The number of carbonyl (C=O) groups excluding carboxylic acids is 6. The van der Waals surface area contributed by atoms with Crippen LogP contribution >= 0.6 is 11.8 Å². The van der Waals surface area contributed by atoms with Gasteiger partial charge in [-0.1, -0.05) is 121 Å². The van der Waals surface area contributed by atoms with Crippen molar-refractivity contribution in [1.82, 2.24) is 4.57 Å². The van der Waals surface area contributed by atoms with Crippen molar-refractivity contribution >= 4 is 47.6 Å². The van der Waals surface area contributed by atoms with Gasteiger partial charge in [-0.3, -0.25) is 24.0 Å². The second kappa shape index (κ2) is 24.5. The molecule has 4 aromatic carbocycles. The van der Waals surface area contributed by atoms with Crippen LogP contribution in [0.25, 0.3) is 0 Å². The number of thioether (sulfide) groups is 1. The first kappa shape index (κ1) is 52.9. The van der Waals surface area contributed by atoms with Crippen LogP contribution < -0.4 is 4.57 Å². The Balaban J connectivity index is 1.29. The predicted molar refractivity (Wildman–Crippen MR) is 254 cm³/mol. The van der Waals surface area contributed by atoms with Crippen LogP contribution in [0, 0.1) is 0 Å². The first-order valence-electron chi connectivity index (χ1n) is 23.1. The fraction of sp³-hybridized carbons (Fsp3) is 0.377. The third kappa shape index (κ3) is 13.3. The minimum atomic E-state index is -1.64. The molecular formula is C53H57N2O16S+. The van der Waals surface area contributed by atoms with E-state index < -0.39 is 109 Å². The van der Waals surface area contributed by atoms with E-state index in [1.54, 1.807) is 59.2 Å². The number of hydrogen-bond donors (Lipinski definition) is 0. The number of ether oxygens (including phenoxy) is 10. The van der Waals surface area contributed by atoms with E-state index in [0.717, 1.165) is 49.2 Å². The summed E-state index contributed by atoms with van der Waals surface area (Å²) in [7, 11) is 1.77. The molecule has 0 bridgehead atoms. The summed E-state index contributed by atoms with van der Waals surface area (Å²) in [6.07, 6.45) is -8.13. The maximum Gasteiger partial charge on any atom is 0.349 e. The van der Waals surface area contributed by atoms with Crippen molar-refractivity contribution in [2.45, 2.75) is 112 Å². The van der Waals surface area contributed by atoms with Gasteiger partial charge < -0.3 is 47.4 Å². The lowest BCUT2D eigenvalue weighted by atomic mass is 9.80. The van der Waals surface area contributed by atoms with Gasteiger partial charge in [-0.2, -0.15) is 0 Å². The van der Waals surface area contributed by atoms with Crippen LogP contribution in [0.4, 0.5) is 0 Å². The van der Waals surface area contributed by atoms with Gasteiger partial charge in [0.15, 0.2) is 49.5 Å². The number of imidazole rings is 1. The topological polar surface area (TPSA) is 204 Å². The summed E-state index contributed by atoms with van der Waals surface area (Å²) >= 11 is 1.15. The number of benzene rings is 4. The Morgan fingerprint density at radius 3 is 1.46 bits per heavy atom. The van der Waals surface area contributed by atoms with Crippen molar-refractivity contribution in [3.05, 3.63) is 157 Å². The quantitative estimate of drug-likeness (QED) is 0.0454. The molecule has 1 aromatic heterocycles. The molecule has 3 heterocycles. The minimum absolute atomic E-state index is 0.280. The monoisotopic (exact) mass is 1010 g/mol. The maximum absolute atomic E-state index is 13.8. The predicted octanol–water partition coefficient (Wildman–Crippen LogP) is 5.15. The molecule has 5 aromatic rings. The molecule has 0 radical (unpaired) electrons. The van der Waals surface area contributed by atoms with Crippen molar-refractivity contribution in [2.75, 3.05) is 13.2 Å². The number of aromatic nitrogens is 2. The van der Waals surface area contributed by atoms with Crippen LogP contribution in [0.2, 0.25) is 0 Å². The number of carbonyl (C=O) groups is 6. The molecule has 0 saturated carbocycles. The Labute approximate surface area is 420 Å². The van der Waals surface area contributed by atoms with Gasteiger partial charge in [-0.15, -0.1) is 0 Å². The Morgan fingerprint density at radius 2 is 0.972 bits per heavy atom. The molecule has 0 unspecified atom stereocenters. The summed E-state index contributed by atoms with van der Waals surface area (Å²) in [6.45, 7) is 4.58. The van der Waals surface area contributed by atoms with E-state index in [4.69, 9.17) is 47.4 Å². The molecule has 2 fully saturated rings. The summed E-state index contributed by atoms with van der Waals surface area (Å²) in [6, 6.07) is 37.4. The molecule has 19 heteroatoms. The van der Waals surface area contributed by atoms with E-state index in [1.807, 2.05) is 97.1 Å². The van der Waals surface area contributed by atoms with Crippen molar-refractivity contribution in [3.63, 3.8) is 0 Å². The van der Waals surface area contributed by atoms with Gasteiger partial charge in [0.1, 0.15) is 35.6 Å². The minimum Gasteiger partial charge on any atom is -0.456 e. The smallest absolute Gasteiger partial charge is 0.349 e. The zero-order valence-corrected chi connectivity index (χ0v) is 41.3. The summed E-state index contributed by atoms with van der Waals surface area (Å²) in [5.74, 6) is -4.72. The van der Waals surface area contributed by atoms with Gasteiger partial charge in [0.05, 0.1) is 20.3 Å². The third-order valence-electron chi connectivity index (χ3n) is 11.5. The lowest BCUT2D eigenvalue weighted by Gasteiger charge is -2.47. The van der Waals surface area contributed by atoms with Gasteiger partial charge in [-0.25, -0.2) is 13.9 Å². The molecule has 380 valence electrons. The average molecular weight is 1010 g/mol. The highest BCUT2D eigenvalue weighted by Gasteiger charge is 2.56. The molecule has 2 saturated heterocycles. The molecule has 0 N–H and O–H groups in total. The molecule has 0 aliphatic carbocycles. The zero-order chi connectivity index (χ0) is 51.4. The Bertz CT molecular complexity index is 2520. The Kier molecular flexibility index (Phi) is 18.0. The molecule has 2 aliphatic heterocycles. The van der Waals surface area contributed by atoms with E-state index in [-0.39, 0.29) is 13.2 Å². The van der Waals surface area contributed by atoms with Crippen LogP contribution in [0.1, 0.15) is 51.3 Å². The molecular weight excluding hydrogens is 953 g/mol. The fourth-order valence-electron chi connectivity index (χ4n) is 8.75. The first-order chi connectivity index (χ1) is 34.6. The zero-order valence-electron chi connectivity index (χ0n) is 40.5. The van der Waals surface area contributed by atoms with Crippen LogP contribution in [-0.4, -0.2) is 114 Å². The number of hydrogen-bond acceptors (Lipinski definition) is 17. The summed E-state index contributed by atoms with van der Waals surface area (Å²) in [5, 5.41) is 0. The van der Waals surface area contributed by atoms with E-state index in [1.165, 1.54) is 13.8 Å². The molecule has 72 heavy (non-hydrogen) atoms. The first-order valence-corrected chi connectivity index (χ1v) is 24.0. The van der Waals surface area contributed by atoms with E-state index >= 15 is 0 Å². The number of esters is 6.